The highest BCUT2D eigenvalue weighted by atomic mass is 35.5. The first-order valence-electron chi connectivity index (χ1n) is 12.4. The summed E-state index contributed by atoms with van der Waals surface area (Å²) in [6.07, 6.45) is -3.18. The summed E-state index contributed by atoms with van der Waals surface area (Å²) in [7, 11) is -2.59. The molecule has 0 aliphatic heterocycles. The summed E-state index contributed by atoms with van der Waals surface area (Å²) in [4.78, 5) is 17.1. The maximum atomic E-state index is 12.9. The van der Waals surface area contributed by atoms with Crippen molar-refractivity contribution in [1.82, 2.24) is 10.1 Å². The van der Waals surface area contributed by atoms with Crippen LogP contribution < -0.4 is 5.32 Å². The van der Waals surface area contributed by atoms with Crippen molar-refractivity contribution < 1.29 is 30.9 Å². The number of aromatic nitrogens is 2. The quantitative estimate of drug-likeness (QED) is 0.205. The van der Waals surface area contributed by atoms with E-state index in [1.807, 2.05) is 0 Å². The Kier molecular flexibility index (Phi) is 7.88. The van der Waals surface area contributed by atoms with Crippen molar-refractivity contribution in [2.24, 2.45) is 0 Å². The molecule has 5 rings (SSSR count). The smallest absolute Gasteiger partial charge is 0.338 e. The third kappa shape index (κ3) is 6.12. The van der Waals surface area contributed by atoms with Gasteiger partial charge in [0.05, 0.1) is 22.6 Å². The molecule has 1 aliphatic carbocycles. The summed E-state index contributed by atoms with van der Waals surface area (Å²) in [6.45, 7) is 1.59. The van der Waals surface area contributed by atoms with Crippen LogP contribution in [0.4, 0.5) is 18.9 Å². The van der Waals surface area contributed by atoms with Gasteiger partial charge in [-0.2, -0.15) is 18.2 Å². The fourth-order valence-electron chi connectivity index (χ4n) is 4.57. The van der Waals surface area contributed by atoms with Gasteiger partial charge in [-0.1, -0.05) is 64.8 Å². The molecule has 0 bridgehead atoms. The van der Waals surface area contributed by atoms with E-state index >= 15 is 0 Å². The second-order valence-corrected chi connectivity index (χ2v) is 12.0. The number of rotatable bonds is 8. The molecule has 0 saturated heterocycles. The number of thiol groups is 1. The number of amides is 1. The maximum absolute atomic E-state index is 12.9. The number of hydrogen-bond donors (Lipinski definition) is 2. The Hall–Kier alpha value is -3.41. The number of hydrogen-bond acceptors (Lipinski definition) is 6. The average molecular weight is 624 g/mol. The number of alkyl halides is 3. The monoisotopic (exact) mass is 623 g/mol. The molecule has 1 aliphatic rings. The summed E-state index contributed by atoms with van der Waals surface area (Å²) in [5.74, 6) is 0.0625. The number of halogens is 5. The van der Waals surface area contributed by atoms with Gasteiger partial charge in [-0.25, -0.2) is 8.42 Å². The van der Waals surface area contributed by atoms with Crippen LogP contribution in [-0.4, -0.2) is 24.5 Å². The van der Waals surface area contributed by atoms with Crippen LogP contribution in [0.3, 0.4) is 0 Å². The minimum atomic E-state index is -4.45. The lowest BCUT2D eigenvalue weighted by molar-refractivity contribution is -0.137. The van der Waals surface area contributed by atoms with E-state index in [-0.39, 0.29) is 34.1 Å². The van der Waals surface area contributed by atoms with Crippen LogP contribution in [0.15, 0.2) is 65.2 Å². The first-order chi connectivity index (χ1) is 19.4. The first kappa shape index (κ1) is 29.1. The maximum Gasteiger partial charge on any atom is 0.416 e. The van der Waals surface area contributed by atoms with Crippen molar-refractivity contribution in [3.63, 3.8) is 0 Å². The number of anilines is 1. The van der Waals surface area contributed by atoms with Gasteiger partial charge in [-0.05, 0) is 55.2 Å². The van der Waals surface area contributed by atoms with E-state index in [0.29, 0.717) is 40.8 Å². The first-order valence-corrected chi connectivity index (χ1v) is 14.4. The summed E-state index contributed by atoms with van der Waals surface area (Å²) in [5, 5.41) is 6.67. The van der Waals surface area contributed by atoms with Crippen LogP contribution in [0, 0.1) is 0 Å². The van der Waals surface area contributed by atoms with E-state index in [1.165, 1.54) is 12.1 Å². The molecular formula is C28H22Cl2F3N3O4S. The van der Waals surface area contributed by atoms with Gasteiger partial charge >= 0.3 is 6.18 Å². The molecule has 1 heterocycles. The van der Waals surface area contributed by atoms with Crippen molar-refractivity contribution in [1.29, 1.82) is 0 Å². The molecule has 214 valence electrons. The Bertz CT molecular complexity index is 1650. The van der Waals surface area contributed by atoms with E-state index in [2.05, 4.69) is 15.5 Å². The largest absolute Gasteiger partial charge is 0.416 e. The van der Waals surface area contributed by atoms with E-state index < -0.39 is 33.1 Å². The third-order valence-electron chi connectivity index (χ3n) is 7.00. The lowest BCUT2D eigenvalue weighted by atomic mass is 9.95. The van der Waals surface area contributed by atoms with Crippen molar-refractivity contribution >= 4 is 45.5 Å². The van der Waals surface area contributed by atoms with Crippen molar-refractivity contribution in [3.05, 3.63) is 98.9 Å². The van der Waals surface area contributed by atoms with E-state index in [1.54, 1.807) is 43.3 Å². The second-order valence-electron chi connectivity index (χ2n) is 9.82. The molecule has 1 N–H and O–H groups in total. The minimum absolute atomic E-state index is 0.0494. The number of nitrogens with one attached hydrogen (secondary N) is 1. The molecular weight excluding hydrogens is 602 g/mol. The lowest BCUT2D eigenvalue weighted by Crippen LogP contribution is -2.16. The zero-order chi connectivity index (χ0) is 29.5. The topological polar surface area (TPSA) is 102 Å². The van der Waals surface area contributed by atoms with Gasteiger partial charge in [0.1, 0.15) is 10.7 Å². The van der Waals surface area contributed by atoms with Crippen molar-refractivity contribution in [2.45, 2.75) is 43.0 Å². The molecule has 7 nitrogen and oxygen atoms in total. The molecule has 1 atom stereocenters. The molecule has 1 unspecified atom stereocenters. The Labute approximate surface area is 244 Å². The highest BCUT2D eigenvalue weighted by Crippen LogP contribution is 2.57. The molecule has 0 radical (unpaired) electrons. The molecule has 3 aromatic carbocycles. The van der Waals surface area contributed by atoms with E-state index in [4.69, 9.17) is 27.7 Å². The molecule has 13 heteroatoms. The standard InChI is InChI=1S/C28H22Cl2F3N3O4S/c1-15(41(38)39)17-4-2-16(3-5-17)12-23(37)34-20-13-21(29)24(22(30)14-20)27(10-11-27)26-35-25(36-40-26)18-6-8-19(9-7-18)28(31,32)33/h2-9,13-15,41H,10-12H2,1H3,(H,34,37). The van der Waals surface area contributed by atoms with E-state index in [0.717, 1.165) is 12.1 Å². The van der Waals surface area contributed by atoms with Crippen molar-refractivity contribution in [2.75, 3.05) is 5.32 Å². The summed E-state index contributed by atoms with van der Waals surface area (Å²) >= 11 is 13.3. The highest BCUT2D eigenvalue weighted by molar-refractivity contribution is 7.72. The van der Waals surface area contributed by atoms with Gasteiger partial charge < -0.3 is 9.84 Å². The Morgan fingerprint density at radius 2 is 1.66 bits per heavy atom. The Balaban J connectivity index is 1.31. The fraction of sp³-hybridized carbons (Fsp3) is 0.250. The lowest BCUT2D eigenvalue weighted by Gasteiger charge is -2.17. The van der Waals surface area contributed by atoms with Crippen molar-refractivity contribution in [3.8, 4) is 11.4 Å². The molecule has 1 fully saturated rings. The zero-order valence-electron chi connectivity index (χ0n) is 21.3. The van der Waals surface area contributed by atoms with Crippen LogP contribution in [0.25, 0.3) is 11.4 Å². The number of nitrogens with zero attached hydrogens (tertiary/aromatic N) is 2. The SMILES string of the molecule is CC(c1ccc(CC(=O)Nc2cc(Cl)c(C3(c4nc(-c5ccc(C(F)(F)F)cc5)no4)CC3)c(Cl)c2)cc1)[SH](=O)=O. The summed E-state index contributed by atoms with van der Waals surface area (Å²) in [5.41, 5.74) is 1.12. The molecule has 0 spiro atoms. The van der Waals surface area contributed by atoms with Crippen LogP contribution in [0.5, 0.6) is 0 Å². The van der Waals surface area contributed by atoms with Gasteiger partial charge in [0.15, 0.2) is 0 Å². The molecule has 1 aromatic heterocycles. The predicted molar refractivity (Wildman–Crippen MR) is 149 cm³/mol. The predicted octanol–water partition coefficient (Wildman–Crippen LogP) is 7.00. The average Bonchev–Trinajstić information content (AvgIpc) is 3.53. The van der Waals surface area contributed by atoms with E-state index in [9.17, 15) is 26.4 Å². The molecule has 1 saturated carbocycles. The Morgan fingerprint density at radius 3 is 2.20 bits per heavy atom. The Morgan fingerprint density at radius 1 is 1.05 bits per heavy atom. The third-order valence-corrected chi connectivity index (χ3v) is 8.53. The van der Waals surface area contributed by atoms with Crippen LogP contribution in [-0.2, 0) is 33.5 Å². The fourth-order valence-corrected chi connectivity index (χ4v) is 5.83. The number of benzene rings is 3. The summed E-state index contributed by atoms with van der Waals surface area (Å²) < 4.78 is 66.6. The molecule has 1 amide bonds. The highest BCUT2D eigenvalue weighted by Gasteiger charge is 2.53. The second kappa shape index (κ2) is 11.1. The van der Waals surface area contributed by atoms with Crippen LogP contribution in [0.1, 0.15) is 53.2 Å². The van der Waals surface area contributed by atoms with Gasteiger partial charge in [-0.15, -0.1) is 0 Å². The minimum Gasteiger partial charge on any atom is -0.338 e. The number of carbonyl (C=O) groups excluding carboxylic acids is 1. The normalized spacial score (nSPS) is 15.1. The van der Waals surface area contributed by atoms with Gasteiger partial charge in [0.25, 0.3) is 0 Å². The van der Waals surface area contributed by atoms with Crippen LogP contribution in [0.2, 0.25) is 10.0 Å². The summed E-state index contributed by atoms with van der Waals surface area (Å²) in [6, 6.07) is 14.4. The van der Waals surface area contributed by atoms with Gasteiger partial charge in [0.2, 0.25) is 17.6 Å². The van der Waals surface area contributed by atoms with Crippen LogP contribution >= 0.6 is 23.2 Å². The number of carbonyl (C=O) groups is 1. The molecule has 4 aromatic rings. The van der Waals surface area contributed by atoms with Gasteiger partial charge in [-0.3, -0.25) is 4.79 Å². The molecule has 41 heavy (non-hydrogen) atoms. The van der Waals surface area contributed by atoms with Gasteiger partial charge in [0, 0.05) is 26.9 Å². The zero-order valence-corrected chi connectivity index (χ0v) is 23.7.